The van der Waals surface area contributed by atoms with Gasteiger partial charge in [-0.3, -0.25) is 0 Å². The molecule has 1 aromatic rings. The molecule has 0 spiro atoms. The van der Waals surface area contributed by atoms with Gasteiger partial charge < -0.3 is 24.1 Å². The third-order valence-electron chi connectivity index (χ3n) is 3.29. The number of hydrogen-bond donors (Lipinski definition) is 1. The van der Waals surface area contributed by atoms with Crippen LogP contribution in [0.3, 0.4) is 0 Å². The minimum absolute atomic E-state index is 0.0826. The van der Waals surface area contributed by atoms with Crippen LogP contribution in [0.15, 0.2) is 24.3 Å². The number of rotatable bonds is 11. The van der Waals surface area contributed by atoms with Crippen molar-refractivity contribution in [3.63, 3.8) is 0 Å². The maximum Gasteiger partial charge on any atom is 0.146 e. The summed E-state index contributed by atoms with van der Waals surface area (Å²) in [5.74, 6) is 1.63. The second kappa shape index (κ2) is 9.60. The summed E-state index contributed by atoms with van der Waals surface area (Å²) in [4.78, 5) is 0. The van der Waals surface area contributed by atoms with Crippen molar-refractivity contribution in [2.75, 3.05) is 40.8 Å². The highest BCUT2D eigenvalue weighted by atomic mass is 16.7. The molecule has 0 unspecified atom stereocenters. The van der Waals surface area contributed by atoms with Gasteiger partial charge in [-0.15, -0.1) is 0 Å². The van der Waals surface area contributed by atoms with E-state index in [2.05, 4.69) is 0 Å². The molecule has 0 saturated heterocycles. The molecule has 21 heavy (non-hydrogen) atoms. The first-order valence-corrected chi connectivity index (χ1v) is 7.08. The Morgan fingerprint density at radius 1 is 1.10 bits per heavy atom. The highest BCUT2D eigenvalue weighted by molar-refractivity contribution is 5.31. The summed E-state index contributed by atoms with van der Waals surface area (Å²) >= 11 is 0. The van der Waals surface area contributed by atoms with Crippen molar-refractivity contribution in [2.45, 2.75) is 19.8 Å². The van der Waals surface area contributed by atoms with Crippen LogP contribution in [0.5, 0.6) is 11.5 Å². The Kier molecular flexibility index (Phi) is 8.12. The van der Waals surface area contributed by atoms with Crippen molar-refractivity contribution in [1.82, 2.24) is 0 Å². The SMILES string of the molecule is COCOC[C@](C)(CO)CCCOc1ccc(OC)cc1. The Morgan fingerprint density at radius 2 is 1.76 bits per heavy atom. The standard InChI is InChI=1S/C16H26O5/c1-16(11-17,12-20-13-18-2)9-4-10-21-15-7-5-14(19-3)6-8-15/h5-8,17H,4,9-13H2,1-3H3/t16-/m0/s1. The number of hydrogen-bond acceptors (Lipinski definition) is 5. The maximum absolute atomic E-state index is 9.48. The van der Waals surface area contributed by atoms with E-state index < -0.39 is 0 Å². The zero-order valence-electron chi connectivity index (χ0n) is 13.1. The number of benzene rings is 1. The fourth-order valence-corrected chi connectivity index (χ4v) is 1.93. The van der Waals surface area contributed by atoms with Crippen molar-refractivity contribution in [2.24, 2.45) is 5.41 Å². The van der Waals surface area contributed by atoms with Crippen LogP contribution in [0.4, 0.5) is 0 Å². The van der Waals surface area contributed by atoms with Gasteiger partial charge in [-0.05, 0) is 37.1 Å². The Hall–Kier alpha value is -1.30. The van der Waals surface area contributed by atoms with Gasteiger partial charge >= 0.3 is 0 Å². The fraction of sp³-hybridized carbons (Fsp3) is 0.625. The van der Waals surface area contributed by atoms with E-state index in [1.165, 1.54) is 0 Å². The Labute approximate surface area is 126 Å². The quantitative estimate of drug-likeness (QED) is 0.502. The number of aliphatic hydroxyl groups is 1. The predicted molar refractivity (Wildman–Crippen MR) is 80.7 cm³/mol. The van der Waals surface area contributed by atoms with Gasteiger partial charge in [0.2, 0.25) is 0 Å². The molecular formula is C16H26O5. The highest BCUT2D eigenvalue weighted by Gasteiger charge is 2.23. The minimum atomic E-state index is -0.262. The van der Waals surface area contributed by atoms with Crippen LogP contribution in [0.25, 0.3) is 0 Å². The molecule has 0 aliphatic rings. The van der Waals surface area contributed by atoms with Crippen LogP contribution in [0, 0.1) is 5.41 Å². The highest BCUT2D eigenvalue weighted by Crippen LogP contribution is 2.24. The molecule has 0 radical (unpaired) electrons. The van der Waals surface area contributed by atoms with E-state index in [1.807, 2.05) is 31.2 Å². The maximum atomic E-state index is 9.48. The van der Waals surface area contributed by atoms with Gasteiger partial charge in [0, 0.05) is 12.5 Å². The third kappa shape index (κ3) is 6.80. The molecule has 0 aliphatic heterocycles. The normalized spacial score (nSPS) is 13.7. The molecule has 5 heteroatoms. The van der Waals surface area contributed by atoms with Gasteiger partial charge in [0.1, 0.15) is 18.3 Å². The van der Waals surface area contributed by atoms with E-state index in [0.29, 0.717) is 13.2 Å². The Bertz CT molecular complexity index is 379. The number of ether oxygens (including phenoxy) is 4. The van der Waals surface area contributed by atoms with Gasteiger partial charge in [0.25, 0.3) is 0 Å². The van der Waals surface area contributed by atoms with E-state index in [4.69, 9.17) is 18.9 Å². The first-order valence-electron chi connectivity index (χ1n) is 7.08. The molecule has 0 saturated carbocycles. The van der Waals surface area contributed by atoms with Gasteiger partial charge in [0.05, 0.1) is 26.9 Å². The minimum Gasteiger partial charge on any atom is -0.497 e. The molecule has 0 fully saturated rings. The second-order valence-electron chi connectivity index (χ2n) is 5.35. The summed E-state index contributed by atoms with van der Waals surface area (Å²) in [7, 11) is 3.22. The predicted octanol–water partition coefficient (Wildman–Crippen LogP) is 2.47. The summed E-state index contributed by atoms with van der Waals surface area (Å²) in [6.07, 6.45) is 1.67. The van der Waals surface area contributed by atoms with Crippen LogP contribution in [0.2, 0.25) is 0 Å². The molecule has 0 heterocycles. The van der Waals surface area contributed by atoms with Crippen LogP contribution in [-0.4, -0.2) is 45.9 Å². The topological polar surface area (TPSA) is 57.2 Å². The molecular weight excluding hydrogens is 272 g/mol. The molecule has 0 amide bonds. The first kappa shape index (κ1) is 17.8. The van der Waals surface area contributed by atoms with Crippen LogP contribution in [0.1, 0.15) is 19.8 Å². The summed E-state index contributed by atoms with van der Waals surface area (Å²) in [5, 5.41) is 9.48. The monoisotopic (exact) mass is 298 g/mol. The molecule has 120 valence electrons. The lowest BCUT2D eigenvalue weighted by Gasteiger charge is -2.26. The lowest BCUT2D eigenvalue weighted by Crippen LogP contribution is -2.28. The second-order valence-corrected chi connectivity index (χ2v) is 5.35. The number of methoxy groups -OCH3 is 2. The van der Waals surface area contributed by atoms with Crippen LogP contribution in [-0.2, 0) is 9.47 Å². The molecule has 1 atom stereocenters. The fourth-order valence-electron chi connectivity index (χ4n) is 1.93. The zero-order chi connectivity index (χ0) is 15.6. The van der Waals surface area contributed by atoms with E-state index in [-0.39, 0.29) is 18.8 Å². The smallest absolute Gasteiger partial charge is 0.146 e. The van der Waals surface area contributed by atoms with E-state index in [1.54, 1.807) is 14.2 Å². The van der Waals surface area contributed by atoms with Gasteiger partial charge in [-0.25, -0.2) is 0 Å². The van der Waals surface area contributed by atoms with Crippen molar-refractivity contribution in [1.29, 1.82) is 0 Å². The van der Waals surface area contributed by atoms with E-state index in [9.17, 15) is 5.11 Å². The van der Waals surface area contributed by atoms with Crippen molar-refractivity contribution in [3.05, 3.63) is 24.3 Å². The first-order chi connectivity index (χ1) is 10.1. The van der Waals surface area contributed by atoms with E-state index in [0.717, 1.165) is 24.3 Å². The van der Waals surface area contributed by atoms with Crippen LogP contribution < -0.4 is 9.47 Å². The van der Waals surface area contributed by atoms with Gasteiger partial charge in [-0.2, -0.15) is 0 Å². The molecule has 0 aromatic heterocycles. The summed E-state index contributed by atoms with van der Waals surface area (Å²) in [6.45, 7) is 3.40. The lowest BCUT2D eigenvalue weighted by atomic mass is 9.87. The number of aliphatic hydroxyl groups excluding tert-OH is 1. The van der Waals surface area contributed by atoms with Gasteiger partial charge in [-0.1, -0.05) is 6.92 Å². The molecule has 1 N–H and O–H groups in total. The molecule has 0 aliphatic carbocycles. The zero-order valence-corrected chi connectivity index (χ0v) is 13.1. The average Bonchev–Trinajstić information content (AvgIpc) is 2.52. The van der Waals surface area contributed by atoms with Crippen molar-refractivity contribution < 1.29 is 24.1 Å². The van der Waals surface area contributed by atoms with Crippen molar-refractivity contribution >= 4 is 0 Å². The van der Waals surface area contributed by atoms with Crippen LogP contribution >= 0.6 is 0 Å². The Morgan fingerprint density at radius 3 is 2.33 bits per heavy atom. The van der Waals surface area contributed by atoms with Crippen molar-refractivity contribution in [3.8, 4) is 11.5 Å². The molecule has 0 bridgehead atoms. The molecule has 1 rings (SSSR count). The van der Waals surface area contributed by atoms with E-state index >= 15 is 0 Å². The summed E-state index contributed by atoms with van der Waals surface area (Å²) in [6, 6.07) is 7.50. The molecule has 1 aromatic carbocycles. The average molecular weight is 298 g/mol. The third-order valence-corrected chi connectivity index (χ3v) is 3.29. The molecule has 5 nitrogen and oxygen atoms in total. The largest absolute Gasteiger partial charge is 0.497 e. The summed E-state index contributed by atoms with van der Waals surface area (Å²) < 4.78 is 20.9. The Balaban J connectivity index is 2.27. The lowest BCUT2D eigenvalue weighted by molar-refractivity contribution is -0.0745. The summed E-state index contributed by atoms with van der Waals surface area (Å²) in [5.41, 5.74) is -0.262. The van der Waals surface area contributed by atoms with Gasteiger partial charge in [0.15, 0.2) is 0 Å².